The van der Waals surface area contributed by atoms with E-state index in [9.17, 15) is 0 Å². The molecule has 0 atom stereocenters. The van der Waals surface area contributed by atoms with Crippen LogP contribution in [0.15, 0.2) is 59.3 Å². The number of fused-ring (bicyclic) bond motifs is 1. The number of benzene rings is 2. The summed E-state index contributed by atoms with van der Waals surface area (Å²) < 4.78 is 1.08. The molecule has 0 radical (unpaired) electrons. The third kappa shape index (κ3) is 2.74. The van der Waals surface area contributed by atoms with E-state index in [4.69, 9.17) is 0 Å². The average Bonchev–Trinajstić information content (AvgIpc) is 2.45. The fourth-order valence-corrected chi connectivity index (χ4v) is 2.43. The second kappa shape index (κ2) is 5.36. The maximum atomic E-state index is 4.31. The van der Waals surface area contributed by atoms with Gasteiger partial charge < -0.3 is 5.32 Å². The molecular weight excluding hydrogens is 302 g/mol. The summed E-state index contributed by atoms with van der Waals surface area (Å²) in [7, 11) is 0. The molecule has 1 aromatic heterocycles. The Hall–Kier alpha value is -1.94. The smallest absolute Gasteiger partial charge is 0.137 e. The summed E-state index contributed by atoms with van der Waals surface area (Å²) >= 11 is 3.47. The van der Waals surface area contributed by atoms with Crippen molar-refractivity contribution < 1.29 is 0 Å². The molecule has 0 bridgehead atoms. The summed E-state index contributed by atoms with van der Waals surface area (Å²) in [5.74, 6) is 0.866. The van der Waals surface area contributed by atoms with Gasteiger partial charge in [-0.25, -0.2) is 9.97 Å². The van der Waals surface area contributed by atoms with Crippen molar-refractivity contribution in [2.75, 3.05) is 5.32 Å². The first-order valence-electron chi connectivity index (χ1n) is 6.01. The second-order valence-electron chi connectivity index (χ2n) is 4.22. The highest BCUT2D eigenvalue weighted by molar-refractivity contribution is 9.10. The molecule has 4 heteroatoms. The number of nitrogens with zero attached hydrogens (tertiary/aromatic N) is 2. The highest BCUT2D eigenvalue weighted by Gasteiger charge is 2.02. The standard InChI is InChI=1S/C15H12BrN3/c16-12-5-3-4-11(8-12)9-17-15-13-6-1-2-7-14(13)18-10-19-15/h1-8,10H,9H2,(H,17,18,19). The molecule has 19 heavy (non-hydrogen) atoms. The molecule has 3 nitrogen and oxygen atoms in total. The number of aromatic nitrogens is 2. The first-order chi connectivity index (χ1) is 9.33. The molecule has 0 aliphatic rings. The molecule has 0 spiro atoms. The molecule has 2 aromatic carbocycles. The van der Waals surface area contributed by atoms with Crippen LogP contribution in [0.2, 0.25) is 0 Å². The van der Waals surface area contributed by atoms with Crippen LogP contribution in [-0.2, 0) is 6.54 Å². The largest absolute Gasteiger partial charge is 0.365 e. The zero-order valence-electron chi connectivity index (χ0n) is 10.2. The molecule has 1 heterocycles. The van der Waals surface area contributed by atoms with E-state index >= 15 is 0 Å². The Balaban J connectivity index is 1.86. The molecule has 0 saturated heterocycles. The van der Waals surface area contributed by atoms with Crippen LogP contribution in [0, 0.1) is 0 Å². The minimum atomic E-state index is 0.737. The van der Waals surface area contributed by atoms with Crippen molar-refractivity contribution in [3.05, 3.63) is 64.9 Å². The monoisotopic (exact) mass is 313 g/mol. The Bertz CT molecular complexity index is 707. The Kier molecular flexibility index (Phi) is 3.42. The summed E-state index contributed by atoms with van der Waals surface area (Å²) in [5.41, 5.74) is 2.16. The van der Waals surface area contributed by atoms with Crippen LogP contribution < -0.4 is 5.32 Å². The van der Waals surface area contributed by atoms with Gasteiger partial charge in [0.15, 0.2) is 0 Å². The average molecular weight is 314 g/mol. The minimum absolute atomic E-state index is 0.737. The summed E-state index contributed by atoms with van der Waals surface area (Å²) in [5, 5.41) is 4.40. The van der Waals surface area contributed by atoms with Crippen LogP contribution >= 0.6 is 15.9 Å². The number of halogens is 1. The zero-order valence-corrected chi connectivity index (χ0v) is 11.8. The van der Waals surface area contributed by atoms with Crippen LogP contribution in [0.1, 0.15) is 5.56 Å². The van der Waals surface area contributed by atoms with Gasteiger partial charge in [-0.2, -0.15) is 0 Å². The van der Waals surface area contributed by atoms with Crippen molar-refractivity contribution in [2.24, 2.45) is 0 Å². The maximum absolute atomic E-state index is 4.31. The van der Waals surface area contributed by atoms with Crippen molar-refractivity contribution in [3.8, 4) is 0 Å². The number of rotatable bonds is 3. The zero-order chi connectivity index (χ0) is 13.1. The fourth-order valence-electron chi connectivity index (χ4n) is 1.98. The molecule has 0 aliphatic heterocycles. The van der Waals surface area contributed by atoms with Crippen molar-refractivity contribution in [1.29, 1.82) is 0 Å². The number of para-hydroxylation sites is 1. The molecular formula is C15H12BrN3. The lowest BCUT2D eigenvalue weighted by Gasteiger charge is -2.08. The van der Waals surface area contributed by atoms with E-state index in [0.717, 1.165) is 27.7 Å². The van der Waals surface area contributed by atoms with Gasteiger partial charge in [0.25, 0.3) is 0 Å². The molecule has 3 rings (SSSR count). The lowest BCUT2D eigenvalue weighted by atomic mass is 10.2. The number of anilines is 1. The van der Waals surface area contributed by atoms with Crippen LogP contribution in [0.4, 0.5) is 5.82 Å². The van der Waals surface area contributed by atoms with Crippen LogP contribution in [0.5, 0.6) is 0 Å². The second-order valence-corrected chi connectivity index (χ2v) is 5.14. The van der Waals surface area contributed by atoms with Gasteiger partial charge in [0.05, 0.1) is 5.52 Å². The van der Waals surface area contributed by atoms with Gasteiger partial charge in [-0.3, -0.25) is 0 Å². The lowest BCUT2D eigenvalue weighted by Crippen LogP contribution is -2.02. The van der Waals surface area contributed by atoms with Crippen molar-refractivity contribution in [2.45, 2.75) is 6.54 Å². The van der Waals surface area contributed by atoms with Gasteiger partial charge in [-0.1, -0.05) is 40.2 Å². The van der Waals surface area contributed by atoms with Gasteiger partial charge in [0.2, 0.25) is 0 Å². The molecule has 0 unspecified atom stereocenters. The third-order valence-corrected chi connectivity index (χ3v) is 3.39. The highest BCUT2D eigenvalue weighted by atomic mass is 79.9. The first kappa shape index (κ1) is 12.1. The van der Waals surface area contributed by atoms with Gasteiger partial charge in [-0.15, -0.1) is 0 Å². The lowest BCUT2D eigenvalue weighted by molar-refractivity contribution is 1.10. The SMILES string of the molecule is Brc1cccc(CNc2ncnc3ccccc23)c1. The van der Waals surface area contributed by atoms with Gasteiger partial charge in [-0.05, 0) is 29.8 Å². The Morgan fingerprint density at radius 2 is 1.89 bits per heavy atom. The Morgan fingerprint density at radius 1 is 1.00 bits per heavy atom. The van der Waals surface area contributed by atoms with Crippen molar-refractivity contribution in [3.63, 3.8) is 0 Å². The quantitative estimate of drug-likeness (QED) is 0.794. The van der Waals surface area contributed by atoms with E-state index in [1.54, 1.807) is 6.33 Å². The predicted octanol–water partition coefficient (Wildman–Crippen LogP) is 4.00. The predicted molar refractivity (Wildman–Crippen MR) is 81.0 cm³/mol. The topological polar surface area (TPSA) is 37.8 Å². The molecule has 1 N–H and O–H groups in total. The first-order valence-corrected chi connectivity index (χ1v) is 6.80. The van der Waals surface area contributed by atoms with Crippen LogP contribution in [0.25, 0.3) is 10.9 Å². The summed E-state index contributed by atoms with van der Waals surface area (Å²) in [6.07, 6.45) is 1.59. The van der Waals surface area contributed by atoms with Gasteiger partial charge in [0.1, 0.15) is 12.1 Å². The maximum Gasteiger partial charge on any atom is 0.137 e. The molecule has 3 aromatic rings. The van der Waals surface area contributed by atoms with Crippen LogP contribution in [0.3, 0.4) is 0 Å². The molecule has 0 aliphatic carbocycles. The minimum Gasteiger partial charge on any atom is -0.365 e. The fraction of sp³-hybridized carbons (Fsp3) is 0.0667. The molecule has 0 fully saturated rings. The van der Waals surface area contributed by atoms with Gasteiger partial charge in [0, 0.05) is 16.4 Å². The van der Waals surface area contributed by atoms with Gasteiger partial charge >= 0.3 is 0 Å². The van der Waals surface area contributed by atoms with E-state index in [1.165, 1.54) is 5.56 Å². The Labute approximate surface area is 119 Å². The molecule has 0 saturated carbocycles. The van der Waals surface area contributed by atoms with Crippen LogP contribution in [-0.4, -0.2) is 9.97 Å². The summed E-state index contributed by atoms with van der Waals surface area (Å²) in [6, 6.07) is 16.2. The third-order valence-electron chi connectivity index (χ3n) is 2.89. The normalized spacial score (nSPS) is 10.6. The Morgan fingerprint density at radius 3 is 2.79 bits per heavy atom. The molecule has 94 valence electrons. The molecule has 0 amide bonds. The highest BCUT2D eigenvalue weighted by Crippen LogP contribution is 2.19. The van der Waals surface area contributed by atoms with Crippen molar-refractivity contribution in [1.82, 2.24) is 9.97 Å². The summed E-state index contributed by atoms with van der Waals surface area (Å²) in [4.78, 5) is 8.56. The van der Waals surface area contributed by atoms with E-state index in [0.29, 0.717) is 0 Å². The number of nitrogens with one attached hydrogen (secondary N) is 1. The summed E-state index contributed by atoms with van der Waals surface area (Å²) in [6.45, 7) is 0.737. The van der Waals surface area contributed by atoms with E-state index in [1.807, 2.05) is 36.4 Å². The van der Waals surface area contributed by atoms with E-state index in [-0.39, 0.29) is 0 Å². The number of hydrogen-bond acceptors (Lipinski definition) is 3. The van der Waals surface area contributed by atoms with Crippen molar-refractivity contribution >= 4 is 32.7 Å². The van der Waals surface area contributed by atoms with E-state index < -0.39 is 0 Å². The number of hydrogen-bond donors (Lipinski definition) is 1. The van der Waals surface area contributed by atoms with E-state index in [2.05, 4.69) is 43.3 Å².